The van der Waals surface area contributed by atoms with E-state index >= 15 is 0 Å². The minimum atomic E-state index is -0.474. The lowest BCUT2D eigenvalue weighted by Gasteiger charge is -2.28. The molecule has 1 saturated heterocycles. The number of hydrogen-bond donors (Lipinski definition) is 2. The van der Waals surface area contributed by atoms with Crippen LogP contribution in [0.1, 0.15) is 5.56 Å². The van der Waals surface area contributed by atoms with Gasteiger partial charge in [-0.25, -0.2) is 4.98 Å². The van der Waals surface area contributed by atoms with Crippen molar-refractivity contribution in [1.29, 1.82) is 0 Å². The van der Waals surface area contributed by atoms with Crippen LogP contribution in [0, 0.1) is 23.0 Å². The third-order valence-electron chi connectivity index (χ3n) is 6.66. The van der Waals surface area contributed by atoms with Crippen molar-refractivity contribution < 1.29 is 14.4 Å². The van der Waals surface area contributed by atoms with Crippen LogP contribution in [-0.4, -0.2) is 46.8 Å². The zero-order valence-corrected chi connectivity index (χ0v) is 22.8. The minimum absolute atomic E-state index is 0.108. The molecule has 1 aliphatic rings. The number of fused-ring (bicyclic) bond motifs is 1. The average Bonchev–Trinajstić information content (AvgIpc) is 2.89. The van der Waals surface area contributed by atoms with Crippen molar-refractivity contribution in [1.82, 2.24) is 19.9 Å². The highest BCUT2D eigenvalue weighted by Crippen LogP contribution is 2.45. The fraction of sp³-hybridized carbons (Fsp3) is 0.269. The van der Waals surface area contributed by atoms with Gasteiger partial charge in [0.1, 0.15) is 22.8 Å². The van der Waals surface area contributed by atoms with Gasteiger partial charge in [0.2, 0.25) is 5.95 Å². The smallest absolute Gasteiger partial charge is 0.293 e. The summed E-state index contributed by atoms with van der Waals surface area (Å²) in [5.41, 5.74) is 1.34. The molecule has 0 bridgehead atoms. The normalized spacial score (nSPS) is 13.3. The van der Waals surface area contributed by atoms with Gasteiger partial charge >= 0.3 is 0 Å². The lowest BCUT2D eigenvalue weighted by molar-refractivity contribution is -0.384. The number of methoxy groups -OCH3 is 2. The molecule has 0 atom stereocenters. The number of aryl methyl sites for hydroxylation is 1. The van der Waals surface area contributed by atoms with Gasteiger partial charge in [-0.15, -0.1) is 0 Å². The standard InChI is InChI=1S/C26H24Cl2N6O5/c1-13-5-4-6-17(34(36)37)23(13)31-26-30-11-15-7-16(20-21(27)18(38-2)8-19(39-3)22(20)28)25(35)33(24(15)32-26)12-14-9-29-10-14/h4-8,11,14,29H,9-10,12H2,1-3H3,(H,30,31,32). The van der Waals surface area contributed by atoms with Gasteiger partial charge in [-0.3, -0.25) is 19.5 Å². The molecular formula is C26H24Cl2N6O5. The van der Waals surface area contributed by atoms with Crippen LogP contribution < -0.4 is 25.7 Å². The number of nitrogens with one attached hydrogen (secondary N) is 2. The number of ether oxygens (including phenoxy) is 2. The number of halogens is 2. The summed E-state index contributed by atoms with van der Waals surface area (Å²) in [7, 11) is 2.92. The maximum absolute atomic E-state index is 14.0. The Kier molecular flexibility index (Phi) is 7.30. The van der Waals surface area contributed by atoms with Crippen LogP contribution in [0.15, 0.2) is 41.3 Å². The average molecular weight is 571 g/mol. The molecule has 202 valence electrons. The quantitative estimate of drug-likeness (QED) is 0.222. The molecule has 0 aliphatic carbocycles. The Morgan fingerprint density at radius 2 is 1.87 bits per heavy atom. The Morgan fingerprint density at radius 1 is 1.18 bits per heavy atom. The van der Waals surface area contributed by atoms with E-state index in [9.17, 15) is 14.9 Å². The van der Waals surface area contributed by atoms with E-state index in [0.29, 0.717) is 34.6 Å². The van der Waals surface area contributed by atoms with Crippen LogP contribution in [0.25, 0.3) is 22.2 Å². The molecule has 0 amide bonds. The van der Waals surface area contributed by atoms with Crippen molar-refractivity contribution >= 4 is 51.6 Å². The first-order valence-corrected chi connectivity index (χ1v) is 12.7. The monoisotopic (exact) mass is 570 g/mol. The van der Waals surface area contributed by atoms with E-state index in [1.807, 2.05) is 0 Å². The molecule has 0 spiro atoms. The minimum Gasteiger partial charge on any atom is -0.495 e. The van der Waals surface area contributed by atoms with E-state index in [1.165, 1.54) is 20.3 Å². The third kappa shape index (κ3) is 4.84. The van der Waals surface area contributed by atoms with Crippen LogP contribution in [0.4, 0.5) is 17.3 Å². The molecule has 2 N–H and O–H groups in total. The fourth-order valence-electron chi connectivity index (χ4n) is 4.50. The highest BCUT2D eigenvalue weighted by Gasteiger charge is 2.26. The number of para-hydroxylation sites is 1. The van der Waals surface area contributed by atoms with Gasteiger partial charge in [-0.2, -0.15) is 4.98 Å². The summed E-state index contributed by atoms with van der Waals surface area (Å²) in [5, 5.41) is 18.7. The van der Waals surface area contributed by atoms with E-state index in [1.54, 1.807) is 42.0 Å². The maximum Gasteiger partial charge on any atom is 0.293 e. The number of anilines is 2. The van der Waals surface area contributed by atoms with Crippen LogP contribution in [-0.2, 0) is 6.54 Å². The Hall–Kier alpha value is -3.93. The highest BCUT2D eigenvalue weighted by atomic mass is 35.5. The van der Waals surface area contributed by atoms with Crippen LogP contribution in [0.3, 0.4) is 0 Å². The number of hydrogen-bond acceptors (Lipinski definition) is 9. The molecule has 13 heteroatoms. The second-order valence-electron chi connectivity index (χ2n) is 9.11. The lowest BCUT2D eigenvalue weighted by Crippen LogP contribution is -2.45. The first-order valence-electron chi connectivity index (χ1n) is 12.0. The first kappa shape index (κ1) is 26.7. The molecule has 11 nitrogen and oxygen atoms in total. The largest absolute Gasteiger partial charge is 0.495 e. The van der Waals surface area contributed by atoms with E-state index in [2.05, 4.69) is 20.6 Å². The second kappa shape index (κ2) is 10.7. The second-order valence-corrected chi connectivity index (χ2v) is 9.86. The molecule has 0 saturated carbocycles. The summed E-state index contributed by atoms with van der Waals surface area (Å²) in [5.74, 6) is 0.929. The molecule has 39 heavy (non-hydrogen) atoms. The molecule has 1 fully saturated rings. The third-order valence-corrected chi connectivity index (χ3v) is 7.41. The topological polar surface area (TPSA) is 133 Å². The molecule has 2 aromatic heterocycles. The molecule has 3 heterocycles. The summed E-state index contributed by atoms with van der Waals surface area (Å²) in [6, 6.07) is 7.93. The number of benzene rings is 2. The van der Waals surface area contributed by atoms with Crippen LogP contribution in [0.5, 0.6) is 11.5 Å². The van der Waals surface area contributed by atoms with Gasteiger partial charge in [0.15, 0.2) is 0 Å². The Labute approximate surface area is 232 Å². The van der Waals surface area contributed by atoms with Crippen LogP contribution >= 0.6 is 23.2 Å². The van der Waals surface area contributed by atoms with Crippen molar-refractivity contribution in [3.63, 3.8) is 0 Å². The molecule has 4 aromatic rings. The molecule has 0 unspecified atom stereocenters. The van der Waals surface area contributed by atoms with Crippen molar-refractivity contribution in [2.75, 3.05) is 32.6 Å². The van der Waals surface area contributed by atoms with E-state index in [4.69, 9.17) is 32.7 Å². The molecule has 2 aromatic carbocycles. The summed E-state index contributed by atoms with van der Waals surface area (Å²) >= 11 is 13.3. The SMILES string of the molecule is COc1cc(OC)c(Cl)c(-c2cc3cnc(Nc4c(C)cccc4[N+](=O)[O-])nc3n(CC3CNC3)c2=O)c1Cl. The van der Waals surface area contributed by atoms with E-state index < -0.39 is 4.92 Å². The fourth-order valence-corrected chi connectivity index (χ4v) is 5.21. The van der Waals surface area contributed by atoms with Crippen molar-refractivity contribution in [2.24, 2.45) is 5.92 Å². The Morgan fingerprint density at radius 3 is 2.46 bits per heavy atom. The van der Waals surface area contributed by atoms with Gasteiger partial charge in [0.05, 0.1) is 34.8 Å². The molecular weight excluding hydrogens is 547 g/mol. The maximum atomic E-state index is 14.0. The predicted molar refractivity (Wildman–Crippen MR) is 150 cm³/mol. The lowest BCUT2D eigenvalue weighted by atomic mass is 10.0. The predicted octanol–water partition coefficient (Wildman–Crippen LogP) is 4.96. The molecule has 0 radical (unpaired) electrons. The summed E-state index contributed by atoms with van der Waals surface area (Å²) in [4.78, 5) is 34.1. The van der Waals surface area contributed by atoms with Crippen molar-refractivity contribution in [2.45, 2.75) is 13.5 Å². The van der Waals surface area contributed by atoms with E-state index in [0.717, 1.165) is 13.1 Å². The van der Waals surface area contributed by atoms with Gasteiger partial charge in [0.25, 0.3) is 11.2 Å². The molecule has 5 rings (SSSR count). The number of nitrogens with zero attached hydrogens (tertiary/aromatic N) is 4. The van der Waals surface area contributed by atoms with Gasteiger partial charge in [-0.05, 0) is 18.6 Å². The summed E-state index contributed by atoms with van der Waals surface area (Å²) in [6.07, 6.45) is 1.55. The Bertz CT molecular complexity index is 1640. The van der Waals surface area contributed by atoms with Crippen molar-refractivity contribution in [3.8, 4) is 22.6 Å². The zero-order valence-electron chi connectivity index (χ0n) is 21.2. The summed E-state index contributed by atoms with van der Waals surface area (Å²) < 4.78 is 12.3. The van der Waals surface area contributed by atoms with Crippen LogP contribution in [0.2, 0.25) is 10.0 Å². The molecule has 1 aliphatic heterocycles. The number of nitro benzene ring substituents is 1. The van der Waals surface area contributed by atoms with E-state index in [-0.39, 0.29) is 50.0 Å². The van der Waals surface area contributed by atoms with Gasteiger partial charge < -0.3 is 20.1 Å². The number of pyridine rings is 1. The summed E-state index contributed by atoms with van der Waals surface area (Å²) in [6.45, 7) is 3.63. The number of rotatable bonds is 8. The zero-order chi connectivity index (χ0) is 27.8. The highest BCUT2D eigenvalue weighted by molar-refractivity contribution is 6.41. The number of aromatic nitrogens is 3. The number of nitro groups is 1. The first-order chi connectivity index (χ1) is 18.7. The van der Waals surface area contributed by atoms with Gasteiger partial charge in [0, 0.05) is 54.8 Å². The van der Waals surface area contributed by atoms with Crippen molar-refractivity contribution in [3.05, 3.63) is 72.6 Å². The Balaban J connectivity index is 1.71. The van der Waals surface area contributed by atoms with Gasteiger partial charge in [-0.1, -0.05) is 35.3 Å².